The molecule has 0 amide bonds. The Morgan fingerprint density at radius 3 is 2.88 bits per heavy atom. The largest absolute Gasteiger partial charge is 0.394 e. The van der Waals surface area contributed by atoms with Crippen LogP contribution in [0.4, 0.5) is 11.5 Å². The summed E-state index contributed by atoms with van der Waals surface area (Å²) in [4.78, 5) is 7.80. The van der Waals surface area contributed by atoms with Crippen molar-refractivity contribution < 1.29 is 0 Å². The normalized spacial score (nSPS) is 10.5. The molecule has 0 saturated carbocycles. The number of halogens is 1. The highest BCUT2D eigenvalue weighted by atomic mass is 35.5. The summed E-state index contributed by atoms with van der Waals surface area (Å²) in [6, 6.07) is 0. The highest BCUT2D eigenvalue weighted by Crippen LogP contribution is 2.17. The average Bonchev–Trinajstić information content (AvgIpc) is 2.62. The Morgan fingerprint density at radius 1 is 1.47 bits per heavy atom. The van der Waals surface area contributed by atoms with Crippen LogP contribution in [-0.2, 0) is 13.6 Å². The Morgan fingerprint density at radius 2 is 2.24 bits per heavy atom. The van der Waals surface area contributed by atoms with Gasteiger partial charge in [0.05, 0.1) is 18.1 Å². The fraction of sp³-hybridized carbons (Fsp3) is 0.300. The smallest absolute Gasteiger partial charge is 0.224 e. The maximum Gasteiger partial charge on any atom is 0.224 e. The minimum absolute atomic E-state index is 0.171. The van der Waals surface area contributed by atoms with Crippen LogP contribution in [0.25, 0.3) is 0 Å². The number of hydrogen-bond donors (Lipinski definition) is 2. The minimum Gasteiger partial charge on any atom is -0.394 e. The van der Waals surface area contributed by atoms with E-state index in [1.54, 1.807) is 6.20 Å². The number of nitrogens with one attached hydrogen (secondary N) is 1. The van der Waals surface area contributed by atoms with Crippen LogP contribution in [0.5, 0.6) is 0 Å². The van der Waals surface area contributed by atoms with Crippen LogP contribution in [0.15, 0.2) is 12.4 Å². The first-order valence-electron chi connectivity index (χ1n) is 5.07. The maximum atomic E-state index is 5.73. The van der Waals surface area contributed by atoms with Crippen molar-refractivity contribution in [3.05, 3.63) is 28.9 Å². The molecule has 0 aliphatic heterocycles. The SMILES string of the molecule is Cc1c(CNc2nc(Cl)ncc2N)cnn1C. The lowest BCUT2D eigenvalue weighted by Crippen LogP contribution is -2.06. The summed E-state index contributed by atoms with van der Waals surface area (Å²) in [5, 5.41) is 7.44. The van der Waals surface area contributed by atoms with Crippen LogP contribution < -0.4 is 11.1 Å². The van der Waals surface area contributed by atoms with E-state index in [1.807, 2.05) is 18.7 Å². The first-order valence-corrected chi connectivity index (χ1v) is 5.45. The molecular formula is C10H13ClN6. The highest BCUT2D eigenvalue weighted by Gasteiger charge is 2.06. The van der Waals surface area contributed by atoms with E-state index in [1.165, 1.54) is 6.20 Å². The van der Waals surface area contributed by atoms with Crippen LogP contribution in [0.1, 0.15) is 11.3 Å². The molecule has 90 valence electrons. The van der Waals surface area contributed by atoms with E-state index in [4.69, 9.17) is 17.3 Å². The third kappa shape index (κ3) is 2.47. The molecule has 6 nitrogen and oxygen atoms in total. The number of rotatable bonds is 3. The van der Waals surface area contributed by atoms with Crippen molar-refractivity contribution in [2.75, 3.05) is 11.1 Å². The molecule has 7 heteroatoms. The topological polar surface area (TPSA) is 81.7 Å². The molecule has 2 heterocycles. The fourth-order valence-electron chi connectivity index (χ4n) is 1.41. The van der Waals surface area contributed by atoms with Gasteiger partial charge in [0.2, 0.25) is 5.28 Å². The Balaban J connectivity index is 2.12. The number of anilines is 2. The molecule has 2 aromatic rings. The van der Waals surface area contributed by atoms with E-state index in [0.717, 1.165) is 11.3 Å². The quantitative estimate of drug-likeness (QED) is 0.807. The van der Waals surface area contributed by atoms with Crippen LogP contribution in [0.2, 0.25) is 5.28 Å². The molecule has 0 spiro atoms. The molecule has 0 fully saturated rings. The minimum atomic E-state index is 0.171. The van der Waals surface area contributed by atoms with Gasteiger partial charge in [-0.05, 0) is 18.5 Å². The van der Waals surface area contributed by atoms with Crippen LogP contribution in [-0.4, -0.2) is 19.7 Å². The van der Waals surface area contributed by atoms with Crippen molar-refractivity contribution in [1.29, 1.82) is 0 Å². The van der Waals surface area contributed by atoms with Crippen molar-refractivity contribution in [2.45, 2.75) is 13.5 Å². The molecular weight excluding hydrogens is 240 g/mol. The van der Waals surface area contributed by atoms with Crippen molar-refractivity contribution in [3.63, 3.8) is 0 Å². The van der Waals surface area contributed by atoms with E-state index < -0.39 is 0 Å². The predicted octanol–water partition coefficient (Wildman–Crippen LogP) is 1.37. The zero-order valence-corrected chi connectivity index (χ0v) is 10.4. The van der Waals surface area contributed by atoms with E-state index in [0.29, 0.717) is 18.1 Å². The Labute approximate surface area is 104 Å². The van der Waals surface area contributed by atoms with Gasteiger partial charge in [0.15, 0.2) is 5.82 Å². The molecule has 0 atom stereocenters. The zero-order valence-electron chi connectivity index (χ0n) is 9.61. The van der Waals surface area contributed by atoms with Gasteiger partial charge in [-0.1, -0.05) is 0 Å². The van der Waals surface area contributed by atoms with Gasteiger partial charge in [-0.2, -0.15) is 10.1 Å². The van der Waals surface area contributed by atoms with Crippen LogP contribution in [0, 0.1) is 6.92 Å². The van der Waals surface area contributed by atoms with Gasteiger partial charge >= 0.3 is 0 Å². The van der Waals surface area contributed by atoms with Crippen molar-refractivity contribution in [3.8, 4) is 0 Å². The first kappa shape index (κ1) is 11.7. The molecule has 0 aliphatic rings. The second-order valence-electron chi connectivity index (χ2n) is 3.68. The van der Waals surface area contributed by atoms with Gasteiger partial charge in [-0.15, -0.1) is 0 Å². The molecule has 0 saturated heterocycles. The van der Waals surface area contributed by atoms with E-state index in [9.17, 15) is 0 Å². The third-order valence-corrected chi connectivity index (χ3v) is 2.75. The predicted molar refractivity (Wildman–Crippen MR) is 66.7 cm³/mol. The van der Waals surface area contributed by atoms with Crippen LogP contribution >= 0.6 is 11.6 Å². The summed E-state index contributed by atoms with van der Waals surface area (Å²) in [5.74, 6) is 0.535. The molecule has 0 aromatic carbocycles. The lowest BCUT2D eigenvalue weighted by Gasteiger charge is -2.07. The van der Waals surface area contributed by atoms with Gasteiger partial charge in [0, 0.05) is 24.8 Å². The number of nitrogens with two attached hydrogens (primary N) is 1. The summed E-state index contributed by atoms with van der Waals surface area (Å²) >= 11 is 5.70. The van der Waals surface area contributed by atoms with E-state index in [2.05, 4.69) is 20.4 Å². The Kier molecular flexibility index (Phi) is 3.14. The van der Waals surface area contributed by atoms with Crippen molar-refractivity contribution in [1.82, 2.24) is 19.7 Å². The lowest BCUT2D eigenvalue weighted by atomic mass is 10.2. The second-order valence-corrected chi connectivity index (χ2v) is 4.01. The first-order chi connectivity index (χ1) is 8.08. The summed E-state index contributed by atoms with van der Waals surface area (Å²) in [6.07, 6.45) is 3.29. The van der Waals surface area contributed by atoms with Gasteiger partial charge in [-0.3, -0.25) is 4.68 Å². The van der Waals surface area contributed by atoms with Gasteiger partial charge in [0.1, 0.15) is 0 Å². The van der Waals surface area contributed by atoms with Gasteiger partial charge in [-0.25, -0.2) is 4.98 Å². The highest BCUT2D eigenvalue weighted by molar-refractivity contribution is 6.28. The molecule has 3 N–H and O–H groups in total. The van der Waals surface area contributed by atoms with Gasteiger partial charge in [0.25, 0.3) is 0 Å². The monoisotopic (exact) mass is 252 g/mol. The second kappa shape index (κ2) is 4.58. The van der Waals surface area contributed by atoms with Crippen molar-refractivity contribution in [2.24, 2.45) is 7.05 Å². The number of aryl methyl sites for hydroxylation is 1. The standard InChI is InChI=1S/C10H13ClN6/c1-6-7(4-15-17(6)2)3-13-9-8(12)5-14-10(11)16-9/h4-5H,3,12H2,1-2H3,(H,13,14,16). The fourth-order valence-corrected chi connectivity index (χ4v) is 1.54. The maximum absolute atomic E-state index is 5.73. The number of nitrogens with zero attached hydrogens (tertiary/aromatic N) is 4. The van der Waals surface area contributed by atoms with Crippen LogP contribution in [0.3, 0.4) is 0 Å². The van der Waals surface area contributed by atoms with E-state index >= 15 is 0 Å². The third-order valence-electron chi connectivity index (χ3n) is 2.57. The molecule has 0 aliphatic carbocycles. The number of aromatic nitrogens is 4. The number of hydrogen-bond acceptors (Lipinski definition) is 5. The average molecular weight is 253 g/mol. The van der Waals surface area contributed by atoms with E-state index in [-0.39, 0.29) is 5.28 Å². The summed E-state index contributed by atoms with van der Waals surface area (Å²) < 4.78 is 1.81. The van der Waals surface area contributed by atoms with Crippen molar-refractivity contribution >= 4 is 23.1 Å². The molecule has 0 radical (unpaired) electrons. The molecule has 17 heavy (non-hydrogen) atoms. The molecule has 2 aromatic heterocycles. The number of nitrogen functional groups attached to an aromatic ring is 1. The summed E-state index contributed by atoms with van der Waals surface area (Å²) in [6.45, 7) is 2.59. The summed E-state index contributed by atoms with van der Waals surface area (Å²) in [7, 11) is 1.90. The summed E-state index contributed by atoms with van der Waals surface area (Å²) in [5.41, 5.74) is 8.38. The lowest BCUT2D eigenvalue weighted by molar-refractivity contribution is 0.738. The zero-order chi connectivity index (χ0) is 12.4. The molecule has 0 bridgehead atoms. The Bertz CT molecular complexity index is 536. The molecule has 0 unspecified atom stereocenters. The Hall–Kier alpha value is -1.82. The molecule has 2 rings (SSSR count). The van der Waals surface area contributed by atoms with Gasteiger partial charge < -0.3 is 11.1 Å².